The molecule has 1 aliphatic rings. The summed E-state index contributed by atoms with van der Waals surface area (Å²) in [5.74, 6) is 0.518. The van der Waals surface area contributed by atoms with E-state index < -0.39 is 0 Å². The molecule has 1 saturated carbocycles. The predicted molar refractivity (Wildman–Crippen MR) is 64.2 cm³/mol. The molecule has 2 heterocycles. The highest BCUT2D eigenvalue weighted by Gasteiger charge is 2.18. The molecule has 3 rings (SSSR count). The van der Waals surface area contributed by atoms with Crippen LogP contribution in [0.4, 0.5) is 5.95 Å². The van der Waals surface area contributed by atoms with Crippen molar-refractivity contribution in [1.82, 2.24) is 24.7 Å². The Morgan fingerprint density at radius 3 is 2.78 bits per heavy atom. The molecule has 0 atom stereocenters. The molecule has 0 saturated heterocycles. The summed E-state index contributed by atoms with van der Waals surface area (Å²) in [4.78, 5) is 12.2. The van der Waals surface area contributed by atoms with Crippen LogP contribution in [0.25, 0.3) is 5.95 Å². The number of nitrogen functional groups attached to an aromatic ring is 1. The first-order chi connectivity index (χ1) is 8.81. The van der Waals surface area contributed by atoms with E-state index in [0.29, 0.717) is 5.95 Å². The molecule has 7 heteroatoms. The second-order valence-electron chi connectivity index (χ2n) is 4.25. The fraction of sp³-hybridized carbons (Fsp3) is 0.455. The van der Waals surface area contributed by atoms with Gasteiger partial charge in [0.2, 0.25) is 5.95 Å². The van der Waals surface area contributed by atoms with Gasteiger partial charge < -0.3 is 10.5 Å². The largest absolute Gasteiger partial charge is 0.460 e. The average molecular weight is 246 g/mol. The molecule has 18 heavy (non-hydrogen) atoms. The topological polar surface area (TPSA) is 91.7 Å². The average Bonchev–Trinajstić information content (AvgIpc) is 3.00. The molecule has 2 aromatic heterocycles. The third-order valence-corrected chi connectivity index (χ3v) is 2.90. The van der Waals surface area contributed by atoms with E-state index in [9.17, 15) is 0 Å². The van der Waals surface area contributed by atoms with Gasteiger partial charge in [0.25, 0.3) is 5.95 Å². The number of anilines is 1. The highest BCUT2D eigenvalue weighted by atomic mass is 16.5. The fourth-order valence-electron chi connectivity index (χ4n) is 2.06. The standard InChI is InChI=1S/C11H14N6O/c12-9-14-10(17-7-3-6-13-17)16-11(15-9)18-8-4-1-2-5-8/h3,6-8H,1-2,4-5H2,(H2,12,14,15,16). The number of hydrogen-bond donors (Lipinski definition) is 1. The van der Waals surface area contributed by atoms with Crippen molar-refractivity contribution >= 4 is 5.95 Å². The molecule has 0 bridgehead atoms. The van der Waals surface area contributed by atoms with E-state index in [0.717, 1.165) is 12.8 Å². The van der Waals surface area contributed by atoms with Gasteiger partial charge in [0.15, 0.2) is 0 Å². The Labute approximate surface area is 104 Å². The van der Waals surface area contributed by atoms with Crippen LogP contribution < -0.4 is 10.5 Å². The van der Waals surface area contributed by atoms with Crippen molar-refractivity contribution in [3.63, 3.8) is 0 Å². The molecule has 1 aliphatic carbocycles. The summed E-state index contributed by atoms with van der Waals surface area (Å²) in [5.41, 5.74) is 5.66. The maximum absolute atomic E-state index is 5.71. The molecule has 94 valence electrons. The minimum atomic E-state index is 0.142. The zero-order chi connectivity index (χ0) is 12.4. The van der Waals surface area contributed by atoms with Crippen molar-refractivity contribution in [2.75, 3.05) is 5.73 Å². The number of hydrogen-bond acceptors (Lipinski definition) is 6. The first-order valence-electron chi connectivity index (χ1n) is 5.99. The molecule has 2 N–H and O–H groups in total. The third kappa shape index (κ3) is 2.24. The Morgan fingerprint density at radius 2 is 2.06 bits per heavy atom. The lowest BCUT2D eigenvalue weighted by molar-refractivity contribution is 0.192. The van der Waals surface area contributed by atoms with E-state index in [2.05, 4.69) is 20.1 Å². The zero-order valence-corrected chi connectivity index (χ0v) is 9.86. The molecular weight excluding hydrogens is 232 g/mol. The lowest BCUT2D eigenvalue weighted by Crippen LogP contribution is -2.15. The van der Waals surface area contributed by atoms with E-state index in [4.69, 9.17) is 10.5 Å². The van der Waals surface area contributed by atoms with Gasteiger partial charge in [-0.3, -0.25) is 0 Å². The highest BCUT2D eigenvalue weighted by Crippen LogP contribution is 2.22. The number of nitrogens with zero attached hydrogens (tertiary/aromatic N) is 5. The summed E-state index contributed by atoms with van der Waals surface area (Å²) in [7, 11) is 0. The summed E-state index contributed by atoms with van der Waals surface area (Å²) in [6.45, 7) is 0. The van der Waals surface area contributed by atoms with Crippen LogP contribution in [0.1, 0.15) is 25.7 Å². The van der Waals surface area contributed by atoms with Crippen molar-refractivity contribution in [2.24, 2.45) is 0 Å². The fourth-order valence-corrected chi connectivity index (χ4v) is 2.06. The summed E-state index contributed by atoms with van der Waals surface area (Å²) in [5, 5.41) is 4.05. The summed E-state index contributed by atoms with van der Waals surface area (Å²) in [6, 6.07) is 2.07. The lowest BCUT2D eigenvalue weighted by Gasteiger charge is -2.11. The van der Waals surface area contributed by atoms with Crippen LogP contribution in [-0.2, 0) is 0 Å². The van der Waals surface area contributed by atoms with Gasteiger partial charge in [0, 0.05) is 12.4 Å². The van der Waals surface area contributed by atoms with Gasteiger partial charge in [-0.05, 0) is 31.7 Å². The number of nitrogens with two attached hydrogens (primary N) is 1. The van der Waals surface area contributed by atoms with E-state index in [1.165, 1.54) is 17.5 Å². The van der Waals surface area contributed by atoms with Crippen molar-refractivity contribution in [2.45, 2.75) is 31.8 Å². The minimum absolute atomic E-state index is 0.142. The van der Waals surface area contributed by atoms with Crippen LogP contribution in [0.2, 0.25) is 0 Å². The number of aromatic nitrogens is 5. The maximum Gasteiger partial charge on any atom is 0.323 e. The van der Waals surface area contributed by atoms with Gasteiger partial charge in [0.1, 0.15) is 6.10 Å². The Bertz CT molecular complexity index is 520. The monoisotopic (exact) mass is 246 g/mol. The van der Waals surface area contributed by atoms with Gasteiger partial charge in [-0.1, -0.05) is 0 Å². The van der Waals surface area contributed by atoms with Crippen molar-refractivity contribution in [3.8, 4) is 12.0 Å². The van der Waals surface area contributed by atoms with E-state index in [-0.39, 0.29) is 18.1 Å². The summed E-state index contributed by atoms with van der Waals surface area (Å²) >= 11 is 0. The molecule has 0 radical (unpaired) electrons. The van der Waals surface area contributed by atoms with Crippen LogP contribution in [-0.4, -0.2) is 30.8 Å². The van der Waals surface area contributed by atoms with E-state index in [1.807, 2.05) is 0 Å². The third-order valence-electron chi connectivity index (χ3n) is 2.90. The normalized spacial score (nSPS) is 16.0. The SMILES string of the molecule is Nc1nc(OC2CCCC2)nc(-n2cccn2)n1. The second kappa shape index (κ2) is 4.59. The van der Waals surface area contributed by atoms with E-state index in [1.54, 1.807) is 18.5 Å². The quantitative estimate of drug-likeness (QED) is 0.867. The van der Waals surface area contributed by atoms with Crippen LogP contribution >= 0.6 is 0 Å². The van der Waals surface area contributed by atoms with Crippen molar-refractivity contribution in [1.29, 1.82) is 0 Å². The Hall–Kier alpha value is -2.18. The minimum Gasteiger partial charge on any atom is -0.460 e. The van der Waals surface area contributed by atoms with Crippen LogP contribution in [0.3, 0.4) is 0 Å². The van der Waals surface area contributed by atoms with Gasteiger partial charge in [0.05, 0.1) is 0 Å². The molecular formula is C11H14N6O. The van der Waals surface area contributed by atoms with Crippen LogP contribution in [0, 0.1) is 0 Å². The van der Waals surface area contributed by atoms with Gasteiger partial charge in [-0.15, -0.1) is 0 Å². The molecule has 0 aromatic carbocycles. The molecule has 2 aromatic rings. The molecule has 0 spiro atoms. The number of rotatable bonds is 3. The molecule has 0 unspecified atom stereocenters. The van der Waals surface area contributed by atoms with E-state index >= 15 is 0 Å². The Morgan fingerprint density at radius 1 is 1.22 bits per heavy atom. The van der Waals surface area contributed by atoms with Gasteiger partial charge in [-0.25, -0.2) is 4.68 Å². The predicted octanol–water partition coefficient (Wildman–Crippen LogP) is 0.961. The summed E-state index contributed by atoms with van der Waals surface area (Å²) in [6.07, 6.45) is 8.06. The summed E-state index contributed by atoms with van der Waals surface area (Å²) < 4.78 is 7.24. The molecule has 0 amide bonds. The van der Waals surface area contributed by atoms with Gasteiger partial charge >= 0.3 is 6.01 Å². The first kappa shape index (κ1) is 10.9. The molecule has 1 fully saturated rings. The smallest absolute Gasteiger partial charge is 0.323 e. The van der Waals surface area contributed by atoms with Crippen LogP contribution in [0.15, 0.2) is 18.5 Å². The maximum atomic E-state index is 5.71. The first-order valence-corrected chi connectivity index (χ1v) is 5.99. The Kier molecular flexibility index (Phi) is 2.79. The molecule has 0 aliphatic heterocycles. The van der Waals surface area contributed by atoms with Crippen LogP contribution in [0.5, 0.6) is 6.01 Å². The van der Waals surface area contributed by atoms with Crippen molar-refractivity contribution < 1.29 is 4.74 Å². The molecule has 7 nitrogen and oxygen atoms in total. The van der Waals surface area contributed by atoms with Crippen molar-refractivity contribution in [3.05, 3.63) is 18.5 Å². The lowest BCUT2D eigenvalue weighted by atomic mass is 10.3. The van der Waals surface area contributed by atoms with Gasteiger partial charge in [-0.2, -0.15) is 20.1 Å². The highest BCUT2D eigenvalue weighted by molar-refractivity contribution is 5.24. The zero-order valence-electron chi connectivity index (χ0n) is 9.86. The Balaban J connectivity index is 1.86. The second-order valence-corrected chi connectivity index (χ2v) is 4.25. The number of ether oxygens (including phenoxy) is 1.